The number of aromatic nitrogens is 4. The number of nitrogen functional groups attached to an aromatic ring is 1. The SMILES string of the molecule is CCC(CC)n1cnc2c(NCc3cc(N)ccc3O)nc(NCC(C)C(C)(C)O)nc21. The van der Waals surface area contributed by atoms with Crippen molar-refractivity contribution in [2.45, 2.75) is 65.6 Å². The number of nitrogens with zero attached hydrogens (tertiary/aromatic N) is 4. The van der Waals surface area contributed by atoms with Crippen molar-refractivity contribution in [3.8, 4) is 5.75 Å². The van der Waals surface area contributed by atoms with E-state index in [-0.39, 0.29) is 17.7 Å². The quantitative estimate of drug-likeness (QED) is 0.236. The van der Waals surface area contributed by atoms with Gasteiger partial charge in [0.1, 0.15) is 5.75 Å². The first-order valence-electron chi connectivity index (χ1n) is 11.2. The van der Waals surface area contributed by atoms with Gasteiger partial charge in [0.15, 0.2) is 17.0 Å². The molecule has 0 aliphatic carbocycles. The molecule has 0 aliphatic heterocycles. The van der Waals surface area contributed by atoms with Crippen LogP contribution in [-0.2, 0) is 6.54 Å². The Morgan fingerprint density at radius 1 is 1.16 bits per heavy atom. The first-order valence-corrected chi connectivity index (χ1v) is 11.2. The monoisotopic (exact) mass is 441 g/mol. The molecule has 9 heteroatoms. The van der Waals surface area contributed by atoms with E-state index >= 15 is 0 Å². The molecule has 32 heavy (non-hydrogen) atoms. The number of imidazole rings is 1. The standard InChI is InChI=1S/C23H35N7O2/c1-6-17(7-2)30-13-27-19-20(25-12-15-10-16(24)8-9-18(15)31)28-22(29-21(19)30)26-11-14(3)23(4,5)32/h8-10,13-14,17,31-32H,6-7,11-12,24H2,1-5H3,(H2,25,26,28,29). The van der Waals surface area contributed by atoms with E-state index in [2.05, 4.69) is 39.0 Å². The number of hydrogen-bond acceptors (Lipinski definition) is 8. The van der Waals surface area contributed by atoms with Gasteiger partial charge in [-0.15, -0.1) is 0 Å². The Morgan fingerprint density at radius 3 is 2.53 bits per heavy atom. The predicted molar refractivity (Wildman–Crippen MR) is 129 cm³/mol. The molecule has 0 bridgehead atoms. The molecule has 3 rings (SSSR count). The lowest BCUT2D eigenvalue weighted by atomic mass is 9.93. The zero-order chi connectivity index (χ0) is 23.5. The summed E-state index contributed by atoms with van der Waals surface area (Å²) in [4.78, 5) is 14.0. The zero-order valence-corrected chi connectivity index (χ0v) is 19.6. The van der Waals surface area contributed by atoms with E-state index in [1.165, 1.54) is 0 Å². The molecular weight excluding hydrogens is 406 g/mol. The molecule has 0 radical (unpaired) electrons. The maximum Gasteiger partial charge on any atom is 0.226 e. The van der Waals surface area contributed by atoms with Crippen LogP contribution in [0.1, 0.15) is 59.1 Å². The van der Waals surface area contributed by atoms with E-state index in [1.54, 1.807) is 32.0 Å². The number of phenolic OH excluding ortho intramolecular Hbond substituents is 1. The molecule has 0 spiro atoms. The van der Waals surface area contributed by atoms with Gasteiger partial charge in [-0.25, -0.2) is 4.98 Å². The van der Waals surface area contributed by atoms with E-state index in [1.807, 2.05) is 13.3 Å². The molecule has 0 saturated carbocycles. The normalized spacial score (nSPS) is 13.0. The molecular formula is C23H35N7O2. The average Bonchev–Trinajstić information content (AvgIpc) is 3.16. The minimum absolute atomic E-state index is 0.00797. The van der Waals surface area contributed by atoms with E-state index in [9.17, 15) is 10.2 Å². The highest BCUT2D eigenvalue weighted by Crippen LogP contribution is 2.28. The number of rotatable bonds is 10. The van der Waals surface area contributed by atoms with Crippen molar-refractivity contribution < 1.29 is 10.2 Å². The molecule has 0 fully saturated rings. The number of anilines is 3. The topological polar surface area (TPSA) is 134 Å². The highest BCUT2D eigenvalue weighted by atomic mass is 16.3. The Morgan fingerprint density at radius 2 is 1.88 bits per heavy atom. The highest BCUT2D eigenvalue weighted by Gasteiger charge is 2.23. The minimum Gasteiger partial charge on any atom is -0.508 e. The molecule has 1 atom stereocenters. The number of phenols is 1. The van der Waals surface area contributed by atoms with Crippen molar-refractivity contribution in [2.75, 3.05) is 22.9 Å². The van der Waals surface area contributed by atoms with Gasteiger partial charge in [0.2, 0.25) is 5.95 Å². The molecule has 174 valence electrons. The van der Waals surface area contributed by atoms with Crippen molar-refractivity contribution in [3.63, 3.8) is 0 Å². The Kier molecular flexibility index (Phi) is 7.08. The van der Waals surface area contributed by atoms with Crippen molar-refractivity contribution in [1.82, 2.24) is 19.5 Å². The number of nitrogens with two attached hydrogens (primary N) is 1. The number of hydrogen-bond donors (Lipinski definition) is 5. The Balaban J connectivity index is 1.96. The maximum atomic E-state index is 10.3. The second-order valence-corrected chi connectivity index (χ2v) is 8.87. The predicted octanol–water partition coefficient (Wildman–Crippen LogP) is 3.91. The van der Waals surface area contributed by atoms with Crippen LogP contribution in [0.15, 0.2) is 24.5 Å². The molecule has 1 aromatic carbocycles. The minimum atomic E-state index is -0.819. The first kappa shape index (κ1) is 23.6. The van der Waals surface area contributed by atoms with Crippen LogP contribution in [0, 0.1) is 5.92 Å². The summed E-state index contributed by atoms with van der Waals surface area (Å²) in [6.07, 6.45) is 3.73. The number of aromatic hydroxyl groups is 1. The molecule has 2 heterocycles. The van der Waals surface area contributed by atoms with E-state index in [4.69, 9.17) is 10.7 Å². The summed E-state index contributed by atoms with van der Waals surface area (Å²) >= 11 is 0. The summed E-state index contributed by atoms with van der Waals surface area (Å²) < 4.78 is 2.09. The van der Waals surface area contributed by atoms with Crippen molar-refractivity contribution in [2.24, 2.45) is 5.92 Å². The number of benzene rings is 1. The fourth-order valence-corrected chi connectivity index (χ4v) is 3.49. The lowest BCUT2D eigenvalue weighted by Crippen LogP contribution is -2.33. The van der Waals surface area contributed by atoms with Crippen molar-refractivity contribution in [3.05, 3.63) is 30.1 Å². The zero-order valence-electron chi connectivity index (χ0n) is 19.6. The van der Waals surface area contributed by atoms with Gasteiger partial charge < -0.3 is 31.1 Å². The fourth-order valence-electron chi connectivity index (χ4n) is 3.49. The molecule has 0 saturated heterocycles. The third-order valence-corrected chi connectivity index (χ3v) is 6.08. The Labute approximate surface area is 189 Å². The van der Waals surface area contributed by atoms with E-state index < -0.39 is 5.60 Å². The average molecular weight is 442 g/mol. The molecule has 3 aromatic rings. The number of fused-ring (bicyclic) bond motifs is 1. The summed E-state index contributed by atoms with van der Waals surface area (Å²) in [5.41, 5.74) is 7.71. The van der Waals surface area contributed by atoms with Crippen LogP contribution >= 0.6 is 0 Å². The largest absolute Gasteiger partial charge is 0.508 e. The van der Waals surface area contributed by atoms with Gasteiger partial charge in [0, 0.05) is 36.3 Å². The lowest BCUT2D eigenvalue weighted by Gasteiger charge is -2.26. The third-order valence-electron chi connectivity index (χ3n) is 6.08. The van der Waals surface area contributed by atoms with Crippen LogP contribution < -0.4 is 16.4 Å². The van der Waals surface area contributed by atoms with Gasteiger partial charge >= 0.3 is 0 Å². The van der Waals surface area contributed by atoms with Crippen LogP contribution in [0.25, 0.3) is 11.2 Å². The molecule has 2 aromatic heterocycles. The maximum absolute atomic E-state index is 10.3. The van der Waals surface area contributed by atoms with Crippen LogP contribution in [-0.4, -0.2) is 41.9 Å². The summed E-state index contributed by atoms with van der Waals surface area (Å²) in [5, 5.41) is 27.0. The van der Waals surface area contributed by atoms with Gasteiger partial charge in [-0.1, -0.05) is 20.8 Å². The lowest BCUT2D eigenvalue weighted by molar-refractivity contribution is 0.0303. The second kappa shape index (κ2) is 9.60. The summed E-state index contributed by atoms with van der Waals surface area (Å²) in [7, 11) is 0. The molecule has 9 nitrogen and oxygen atoms in total. The summed E-state index contributed by atoms with van der Waals surface area (Å²) in [5.74, 6) is 1.18. The second-order valence-electron chi connectivity index (χ2n) is 8.87. The number of nitrogens with one attached hydrogen (secondary N) is 2. The molecule has 6 N–H and O–H groups in total. The van der Waals surface area contributed by atoms with E-state index in [0.29, 0.717) is 41.6 Å². The number of aliphatic hydroxyl groups is 1. The van der Waals surface area contributed by atoms with Gasteiger partial charge in [-0.2, -0.15) is 9.97 Å². The molecule has 0 amide bonds. The summed E-state index contributed by atoms with van der Waals surface area (Å²) in [6.45, 7) is 10.7. The Bertz CT molecular complexity index is 1050. The van der Waals surface area contributed by atoms with Crippen LogP contribution in [0.2, 0.25) is 0 Å². The van der Waals surface area contributed by atoms with Crippen molar-refractivity contribution >= 4 is 28.6 Å². The third kappa shape index (κ3) is 5.21. The van der Waals surface area contributed by atoms with Gasteiger partial charge in [-0.3, -0.25) is 0 Å². The first-order chi connectivity index (χ1) is 15.1. The van der Waals surface area contributed by atoms with Gasteiger partial charge in [0.05, 0.1) is 11.9 Å². The van der Waals surface area contributed by atoms with Crippen LogP contribution in [0.3, 0.4) is 0 Å². The highest BCUT2D eigenvalue weighted by molar-refractivity contribution is 5.84. The van der Waals surface area contributed by atoms with Crippen LogP contribution in [0.4, 0.5) is 17.5 Å². The fraction of sp³-hybridized carbons (Fsp3) is 0.522. The van der Waals surface area contributed by atoms with Crippen LogP contribution in [0.5, 0.6) is 5.75 Å². The smallest absolute Gasteiger partial charge is 0.226 e. The van der Waals surface area contributed by atoms with Crippen molar-refractivity contribution in [1.29, 1.82) is 0 Å². The summed E-state index contributed by atoms with van der Waals surface area (Å²) in [6, 6.07) is 5.25. The van der Waals surface area contributed by atoms with E-state index in [0.717, 1.165) is 18.5 Å². The molecule has 0 aliphatic rings. The molecule has 1 unspecified atom stereocenters. The Hall–Kier alpha value is -3.07. The van der Waals surface area contributed by atoms with Gasteiger partial charge in [-0.05, 0) is 44.9 Å². The van der Waals surface area contributed by atoms with Gasteiger partial charge in [0.25, 0.3) is 0 Å².